The van der Waals surface area contributed by atoms with Gasteiger partial charge in [-0.1, -0.05) is 39.0 Å². The Morgan fingerprint density at radius 3 is 2.17 bits per heavy atom. The van der Waals surface area contributed by atoms with E-state index in [9.17, 15) is 9.59 Å². The second-order valence-electron chi connectivity index (χ2n) is 4.55. The smallest absolute Gasteiger partial charge is 0.211 e. The molecular formula is C14H24N2O2. The van der Waals surface area contributed by atoms with Crippen LogP contribution in [0.4, 0.5) is 0 Å². The number of aliphatic imine (C=N–C) groups is 2. The van der Waals surface area contributed by atoms with E-state index in [0.717, 1.165) is 32.1 Å². The molecule has 0 saturated carbocycles. The van der Waals surface area contributed by atoms with Gasteiger partial charge < -0.3 is 0 Å². The maximum atomic E-state index is 10.3. The topological polar surface area (TPSA) is 58.9 Å². The van der Waals surface area contributed by atoms with Crippen LogP contribution in [0.3, 0.4) is 0 Å². The van der Waals surface area contributed by atoms with Crippen molar-refractivity contribution in [1.82, 2.24) is 0 Å². The van der Waals surface area contributed by atoms with Crippen LogP contribution in [-0.4, -0.2) is 24.7 Å². The van der Waals surface area contributed by atoms with Crippen LogP contribution in [0.25, 0.3) is 0 Å². The van der Waals surface area contributed by atoms with Gasteiger partial charge in [0.05, 0.1) is 12.6 Å². The van der Waals surface area contributed by atoms with Crippen LogP contribution in [0.2, 0.25) is 0 Å². The summed E-state index contributed by atoms with van der Waals surface area (Å²) in [5.74, 6) is 0. The predicted octanol–water partition coefficient (Wildman–Crippen LogP) is 3.56. The zero-order valence-electron chi connectivity index (χ0n) is 11.4. The minimum Gasteiger partial charge on any atom is -0.211 e. The van der Waals surface area contributed by atoms with Gasteiger partial charge in [-0.15, -0.1) is 0 Å². The molecule has 0 spiro atoms. The van der Waals surface area contributed by atoms with Gasteiger partial charge in [0.2, 0.25) is 12.2 Å². The molecule has 0 rings (SSSR count). The third kappa shape index (κ3) is 11.3. The molecule has 0 aromatic heterocycles. The highest BCUT2D eigenvalue weighted by atomic mass is 16.1. The third-order valence-corrected chi connectivity index (χ3v) is 3.00. The van der Waals surface area contributed by atoms with E-state index < -0.39 is 0 Å². The van der Waals surface area contributed by atoms with Crippen LogP contribution in [-0.2, 0) is 9.59 Å². The van der Waals surface area contributed by atoms with Crippen LogP contribution in [0, 0.1) is 0 Å². The molecule has 0 amide bonds. The van der Waals surface area contributed by atoms with Crippen LogP contribution in [0.1, 0.15) is 64.7 Å². The van der Waals surface area contributed by atoms with E-state index in [-0.39, 0.29) is 6.04 Å². The summed E-state index contributed by atoms with van der Waals surface area (Å²) in [6.45, 7) is 2.72. The number of hydrogen-bond acceptors (Lipinski definition) is 4. The number of hydrogen-bond donors (Lipinski definition) is 0. The molecule has 1 atom stereocenters. The first kappa shape index (κ1) is 16.8. The maximum absolute atomic E-state index is 10.3. The Kier molecular flexibility index (Phi) is 12.9. The lowest BCUT2D eigenvalue weighted by Crippen LogP contribution is -2.04. The number of rotatable bonds is 12. The van der Waals surface area contributed by atoms with Gasteiger partial charge in [-0.05, 0) is 25.7 Å². The molecule has 0 aromatic rings. The summed E-state index contributed by atoms with van der Waals surface area (Å²) in [4.78, 5) is 27.5. The lowest BCUT2D eigenvalue weighted by molar-refractivity contribution is 0.491. The molecular weight excluding hydrogens is 228 g/mol. The Morgan fingerprint density at radius 1 is 0.889 bits per heavy atom. The summed E-state index contributed by atoms with van der Waals surface area (Å²) in [5, 5.41) is 0. The molecule has 0 bridgehead atoms. The minimum atomic E-state index is 0.101. The molecule has 0 aliphatic heterocycles. The fourth-order valence-electron chi connectivity index (χ4n) is 1.95. The van der Waals surface area contributed by atoms with Gasteiger partial charge in [-0.2, -0.15) is 0 Å². The van der Waals surface area contributed by atoms with E-state index in [4.69, 9.17) is 0 Å². The van der Waals surface area contributed by atoms with Crippen LogP contribution < -0.4 is 0 Å². The van der Waals surface area contributed by atoms with Crippen molar-refractivity contribution in [2.75, 3.05) is 6.54 Å². The molecule has 1 unspecified atom stereocenters. The predicted molar refractivity (Wildman–Crippen MR) is 72.1 cm³/mol. The van der Waals surface area contributed by atoms with Gasteiger partial charge >= 0.3 is 0 Å². The zero-order chi connectivity index (χ0) is 13.5. The van der Waals surface area contributed by atoms with Gasteiger partial charge in [0.1, 0.15) is 0 Å². The first-order valence-electron chi connectivity index (χ1n) is 6.95. The van der Waals surface area contributed by atoms with E-state index in [1.807, 2.05) is 0 Å². The largest absolute Gasteiger partial charge is 0.235 e. The fraction of sp³-hybridized carbons (Fsp3) is 0.857. The molecule has 4 heteroatoms. The molecule has 0 N–H and O–H groups in total. The van der Waals surface area contributed by atoms with Crippen molar-refractivity contribution in [1.29, 1.82) is 0 Å². The summed E-state index contributed by atoms with van der Waals surface area (Å²) in [6.07, 6.45) is 13.0. The highest BCUT2D eigenvalue weighted by molar-refractivity contribution is 5.33. The van der Waals surface area contributed by atoms with Crippen LogP contribution in [0.15, 0.2) is 9.98 Å². The van der Waals surface area contributed by atoms with Crippen molar-refractivity contribution < 1.29 is 9.59 Å². The molecule has 18 heavy (non-hydrogen) atoms. The van der Waals surface area contributed by atoms with Crippen molar-refractivity contribution in [3.05, 3.63) is 0 Å². The molecule has 0 fully saturated rings. The van der Waals surface area contributed by atoms with Crippen molar-refractivity contribution >= 4 is 12.2 Å². The molecule has 102 valence electrons. The Labute approximate surface area is 110 Å². The molecule has 0 radical (unpaired) electrons. The second-order valence-corrected chi connectivity index (χ2v) is 4.55. The molecule has 0 aromatic carbocycles. The standard InChI is InChI=1S/C14H24N2O2/c1-2-3-4-5-6-9-14(16-13-18)10-7-8-11-15-12-17/h14H,2-11H2,1H3. The van der Waals surface area contributed by atoms with E-state index in [0.29, 0.717) is 6.54 Å². The average molecular weight is 252 g/mol. The first-order chi connectivity index (χ1) is 8.85. The minimum absolute atomic E-state index is 0.101. The fourth-order valence-corrected chi connectivity index (χ4v) is 1.95. The first-order valence-corrected chi connectivity index (χ1v) is 6.95. The van der Waals surface area contributed by atoms with E-state index in [2.05, 4.69) is 16.9 Å². The summed E-state index contributed by atoms with van der Waals surface area (Å²) >= 11 is 0. The molecule has 0 heterocycles. The van der Waals surface area contributed by atoms with Gasteiger partial charge in [0, 0.05) is 0 Å². The van der Waals surface area contributed by atoms with E-state index >= 15 is 0 Å². The van der Waals surface area contributed by atoms with Crippen molar-refractivity contribution in [2.24, 2.45) is 9.98 Å². The number of unbranched alkanes of at least 4 members (excludes halogenated alkanes) is 5. The molecule has 0 saturated heterocycles. The van der Waals surface area contributed by atoms with Crippen molar-refractivity contribution in [2.45, 2.75) is 70.8 Å². The lowest BCUT2D eigenvalue weighted by Gasteiger charge is -2.09. The van der Waals surface area contributed by atoms with Crippen LogP contribution in [0.5, 0.6) is 0 Å². The maximum Gasteiger partial charge on any atom is 0.235 e. The Balaban J connectivity index is 3.64. The van der Waals surface area contributed by atoms with Crippen molar-refractivity contribution in [3.63, 3.8) is 0 Å². The molecule has 0 aliphatic rings. The van der Waals surface area contributed by atoms with Gasteiger partial charge in [0.15, 0.2) is 0 Å². The Hall–Kier alpha value is -1.24. The number of isocyanates is 2. The number of nitrogens with zero attached hydrogens (tertiary/aromatic N) is 2. The summed E-state index contributed by atoms with van der Waals surface area (Å²) < 4.78 is 0. The van der Waals surface area contributed by atoms with E-state index in [1.165, 1.54) is 31.8 Å². The lowest BCUT2D eigenvalue weighted by atomic mass is 10.0. The highest BCUT2D eigenvalue weighted by Crippen LogP contribution is 2.14. The zero-order valence-corrected chi connectivity index (χ0v) is 11.4. The normalized spacial score (nSPS) is 11.4. The number of carbonyl (C=O) groups excluding carboxylic acids is 2. The van der Waals surface area contributed by atoms with Gasteiger partial charge in [-0.25, -0.2) is 19.6 Å². The average Bonchev–Trinajstić information content (AvgIpc) is 2.38. The Bertz CT molecular complexity index is 280. The summed E-state index contributed by atoms with van der Waals surface area (Å²) in [5.41, 5.74) is 0. The van der Waals surface area contributed by atoms with Crippen molar-refractivity contribution in [3.8, 4) is 0 Å². The summed E-state index contributed by atoms with van der Waals surface area (Å²) in [7, 11) is 0. The van der Waals surface area contributed by atoms with Gasteiger partial charge in [0.25, 0.3) is 0 Å². The van der Waals surface area contributed by atoms with Crippen LogP contribution >= 0.6 is 0 Å². The van der Waals surface area contributed by atoms with Gasteiger partial charge in [-0.3, -0.25) is 0 Å². The molecule has 0 aliphatic carbocycles. The second kappa shape index (κ2) is 13.8. The monoisotopic (exact) mass is 252 g/mol. The Morgan fingerprint density at radius 2 is 1.56 bits per heavy atom. The molecule has 4 nitrogen and oxygen atoms in total. The SMILES string of the molecule is CCCCCCCC(CCCCN=C=O)N=C=O. The summed E-state index contributed by atoms with van der Waals surface area (Å²) in [6, 6.07) is 0.101. The van der Waals surface area contributed by atoms with E-state index in [1.54, 1.807) is 6.08 Å². The quantitative estimate of drug-likeness (QED) is 0.303. The highest BCUT2D eigenvalue weighted by Gasteiger charge is 2.06. The third-order valence-electron chi connectivity index (χ3n) is 3.00.